The molecule has 2 aromatic carbocycles. The molecule has 1 aliphatic carbocycles. The molecule has 20 heavy (non-hydrogen) atoms. The van der Waals surface area contributed by atoms with E-state index < -0.39 is 0 Å². The molecule has 1 aliphatic rings. The van der Waals surface area contributed by atoms with Crippen LogP contribution in [-0.2, 0) is 12.8 Å². The third-order valence-electron chi connectivity index (χ3n) is 4.33. The Hall–Kier alpha value is -1.60. The van der Waals surface area contributed by atoms with E-state index in [2.05, 4.69) is 66.8 Å². The number of hydrogen-bond donors (Lipinski definition) is 1. The number of hydrogen-bond acceptors (Lipinski definition) is 1. The van der Waals surface area contributed by atoms with Gasteiger partial charge in [-0.05, 0) is 49.3 Å². The van der Waals surface area contributed by atoms with Crippen molar-refractivity contribution < 1.29 is 0 Å². The van der Waals surface area contributed by atoms with Crippen molar-refractivity contribution in [2.24, 2.45) is 0 Å². The summed E-state index contributed by atoms with van der Waals surface area (Å²) in [4.78, 5) is 0. The first-order valence-corrected chi connectivity index (χ1v) is 7.71. The quantitative estimate of drug-likeness (QED) is 0.850. The van der Waals surface area contributed by atoms with Crippen molar-refractivity contribution in [3.63, 3.8) is 0 Å². The van der Waals surface area contributed by atoms with Gasteiger partial charge in [0.15, 0.2) is 0 Å². The Labute approximate surface area is 122 Å². The molecule has 0 bridgehead atoms. The smallest absolute Gasteiger partial charge is 0.0328 e. The highest BCUT2D eigenvalue weighted by atomic mass is 14.9. The molecule has 3 rings (SSSR count). The molecule has 0 aromatic heterocycles. The van der Waals surface area contributed by atoms with Crippen molar-refractivity contribution in [3.05, 3.63) is 71.3 Å². The molecule has 2 unspecified atom stereocenters. The van der Waals surface area contributed by atoms with Crippen LogP contribution in [0.1, 0.15) is 42.5 Å². The molecular weight excluding hydrogens is 242 g/mol. The molecule has 0 saturated heterocycles. The lowest BCUT2D eigenvalue weighted by Gasteiger charge is -2.20. The van der Waals surface area contributed by atoms with Crippen LogP contribution in [0, 0.1) is 0 Å². The maximum absolute atomic E-state index is 3.81. The highest BCUT2D eigenvalue weighted by Crippen LogP contribution is 2.31. The van der Waals surface area contributed by atoms with Gasteiger partial charge in [-0.1, -0.05) is 54.6 Å². The molecule has 104 valence electrons. The minimum atomic E-state index is 0.553. The highest BCUT2D eigenvalue weighted by molar-refractivity contribution is 5.34. The molecule has 0 aliphatic heterocycles. The van der Waals surface area contributed by atoms with Gasteiger partial charge in [-0.2, -0.15) is 0 Å². The zero-order valence-corrected chi connectivity index (χ0v) is 12.2. The van der Waals surface area contributed by atoms with Gasteiger partial charge in [0.1, 0.15) is 0 Å². The number of fused-ring (bicyclic) bond motifs is 1. The number of aryl methyl sites for hydroxylation is 2. The molecule has 2 atom stereocenters. The molecule has 1 N–H and O–H groups in total. The van der Waals surface area contributed by atoms with Crippen molar-refractivity contribution >= 4 is 0 Å². The summed E-state index contributed by atoms with van der Waals surface area (Å²) in [6, 6.07) is 20.8. The SMILES string of the molecule is CC(CCc1ccccc1)NC1CCc2ccccc21. The lowest BCUT2D eigenvalue weighted by molar-refractivity contribution is 0.434. The second-order valence-corrected chi connectivity index (χ2v) is 5.88. The van der Waals surface area contributed by atoms with Gasteiger partial charge in [-0.3, -0.25) is 0 Å². The summed E-state index contributed by atoms with van der Waals surface area (Å²) in [5.74, 6) is 0. The largest absolute Gasteiger partial charge is 0.307 e. The zero-order valence-electron chi connectivity index (χ0n) is 12.2. The predicted molar refractivity (Wildman–Crippen MR) is 84.9 cm³/mol. The standard InChI is InChI=1S/C19H23N/c1-15(11-12-16-7-3-2-4-8-16)20-19-14-13-17-9-5-6-10-18(17)19/h2-10,15,19-20H,11-14H2,1H3. The van der Waals surface area contributed by atoms with E-state index in [-0.39, 0.29) is 0 Å². The van der Waals surface area contributed by atoms with Crippen LogP contribution in [0.5, 0.6) is 0 Å². The summed E-state index contributed by atoms with van der Waals surface area (Å²) in [6.07, 6.45) is 4.82. The molecule has 1 heteroatoms. The van der Waals surface area contributed by atoms with Crippen LogP contribution in [0.3, 0.4) is 0 Å². The van der Waals surface area contributed by atoms with Crippen LogP contribution < -0.4 is 5.32 Å². The molecule has 0 radical (unpaired) electrons. The fourth-order valence-corrected chi connectivity index (χ4v) is 3.18. The van der Waals surface area contributed by atoms with Gasteiger partial charge in [0.05, 0.1) is 0 Å². The number of nitrogens with one attached hydrogen (secondary N) is 1. The Balaban J connectivity index is 1.54. The third kappa shape index (κ3) is 3.10. The van der Waals surface area contributed by atoms with Crippen LogP contribution in [0.15, 0.2) is 54.6 Å². The van der Waals surface area contributed by atoms with Gasteiger partial charge >= 0.3 is 0 Å². The summed E-state index contributed by atoms with van der Waals surface area (Å²) in [7, 11) is 0. The predicted octanol–water partition coefficient (Wildman–Crippen LogP) is 4.28. The fourth-order valence-electron chi connectivity index (χ4n) is 3.18. The number of benzene rings is 2. The minimum Gasteiger partial charge on any atom is -0.307 e. The molecule has 0 amide bonds. The van der Waals surface area contributed by atoms with E-state index in [0.29, 0.717) is 12.1 Å². The van der Waals surface area contributed by atoms with E-state index in [4.69, 9.17) is 0 Å². The van der Waals surface area contributed by atoms with Gasteiger partial charge in [0.2, 0.25) is 0 Å². The monoisotopic (exact) mass is 265 g/mol. The van der Waals surface area contributed by atoms with Crippen LogP contribution in [0.2, 0.25) is 0 Å². The van der Waals surface area contributed by atoms with Crippen molar-refractivity contribution in [2.75, 3.05) is 0 Å². The first-order valence-electron chi connectivity index (χ1n) is 7.71. The Kier molecular flexibility index (Phi) is 4.17. The molecule has 0 fully saturated rings. The minimum absolute atomic E-state index is 0.553. The Bertz CT molecular complexity index is 547. The summed E-state index contributed by atoms with van der Waals surface area (Å²) in [5, 5.41) is 3.81. The van der Waals surface area contributed by atoms with Gasteiger partial charge < -0.3 is 5.32 Å². The fraction of sp³-hybridized carbons (Fsp3) is 0.368. The maximum atomic E-state index is 3.81. The van der Waals surface area contributed by atoms with Crippen molar-refractivity contribution in [1.82, 2.24) is 5.32 Å². The average molecular weight is 265 g/mol. The van der Waals surface area contributed by atoms with Crippen LogP contribution >= 0.6 is 0 Å². The Morgan fingerprint density at radius 1 is 1.05 bits per heavy atom. The van der Waals surface area contributed by atoms with Crippen molar-refractivity contribution in [1.29, 1.82) is 0 Å². The molecule has 0 spiro atoms. The first-order chi connectivity index (χ1) is 9.83. The van der Waals surface area contributed by atoms with Crippen LogP contribution in [-0.4, -0.2) is 6.04 Å². The molecule has 0 saturated carbocycles. The van der Waals surface area contributed by atoms with E-state index in [0.717, 1.165) is 6.42 Å². The molecular formula is C19H23N. The normalized spacial score (nSPS) is 18.8. The van der Waals surface area contributed by atoms with E-state index in [1.54, 1.807) is 0 Å². The van der Waals surface area contributed by atoms with Crippen molar-refractivity contribution in [3.8, 4) is 0 Å². The first kappa shape index (κ1) is 13.4. The van der Waals surface area contributed by atoms with Crippen LogP contribution in [0.25, 0.3) is 0 Å². The summed E-state index contributed by atoms with van der Waals surface area (Å²) >= 11 is 0. The molecule has 0 heterocycles. The summed E-state index contributed by atoms with van der Waals surface area (Å²) in [5.41, 5.74) is 4.48. The maximum Gasteiger partial charge on any atom is 0.0328 e. The number of rotatable bonds is 5. The van der Waals surface area contributed by atoms with E-state index in [9.17, 15) is 0 Å². The summed E-state index contributed by atoms with van der Waals surface area (Å²) in [6.45, 7) is 2.31. The third-order valence-corrected chi connectivity index (χ3v) is 4.33. The van der Waals surface area contributed by atoms with Gasteiger partial charge in [0.25, 0.3) is 0 Å². The average Bonchev–Trinajstić information content (AvgIpc) is 2.90. The highest BCUT2D eigenvalue weighted by Gasteiger charge is 2.22. The molecule has 2 aromatic rings. The van der Waals surface area contributed by atoms with Crippen molar-refractivity contribution in [2.45, 2.75) is 44.7 Å². The van der Waals surface area contributed by atoms with Crippen LogP contribution in [0.4, 0.5) is 0 Å². The molecule has 1 nitrogen and oxygen atoms in total. The van der Waals surface area contributed by atoms with Gasteiger partial charge in [0, 0.05) is 12.1 Å². The Morgan fingerprint density at radius 3 is 2.65 bits per heavy atom. The van der Waals surface area contributed by atoms with E-state index in [1.165, 1.54) is 36.0 Å². The lowest BCUT2D eigenvalue weighted by atomic mass is 10.0. The summed E-state index contributed by atoms with van der Waals surface area (Å²) < 4.78 is 0. The Morgan fingerprint density at radius 2 is 1.80 bits per heavy atom. The zero-order chi connectivity index (χ0) is 13.8. The van der Waals surface area contributed by atoms with Gasteiger partial charge in [-0.15, -0.1) is 0 Å². The van der Waals surface area contributed by atoms with E-state index >= 15 is 0 Å². The topological polar surface area (TPSA) is 12.0 Å². The second kappa shape index (κ2) is 6.23. The second-order valence-electron chi connectivity index (χ2n) is 5.88. The lowest BCUT2D eigenvalue weighted by Crippen LogP contribution is -2.29. The van der Waals surface area contributed by atoms with Gasteiger partial charge in [-0.25, -0.2) is 0 Å². The van der Waals surface area contributed by atoms with E-state index in [1.807, 2.05) is 0 Å².